The van der Waals surface area contributed by atoms with Crippen molar-refractivity contribution in [2.24, 2.45) is 5.92 Å². The van der Waals surface area contributed by atoms with Crippen LogP contribution in [-0.4, -0.2) is 5.78 Å². The summed E-state index contributed by atoms with van der Waals surface area (Å²) in [7, 11) is 0. The molecule has 1 aliphatic carbocycles. The van der Waals surface area contributed by atoms with Crippen LogP contribution in [0.1, 0.15) is 53.4 Å². The summed E-state index contributed by atoms with van der Waals surface area (Å²) in [6, 6.07) is 0. The van der Waals surface area contributed by atoms with Crippen LogP contribution in [0.25, 0.3) is 0 Å². The van der Waals surface area contributed by atoms with Gasteiger partial charge in [0.1, 0.15) is 0 Å². The van der Waals surface area contributed by atoms with Crippen LogP contribution in [0.5, 0.6) is 0 Å². The molecular formula is C14H22O. The second-order valence-corrected chi connectivity index (χ2v) is 4.59. The molecule has 0 aromatic heterocycles. The largest absolute Gasteiger partial charge is 0.294 e. The van der Waals surface area contributed by atoms with Crippen molar-refractivity contribution in [3.05, 3.63) is 22.8 Å². The van der Waals surface area contributed by atoms with E-state index in [2.05, 4.69) is 19.9 Å². The van der Waals surface area contributed by atoms with E-state index in [0.29, 0.717) is 5.78 Å². The lowest BCUT2D eigenvalue weighted by Crippen LogP contribution is -2.12. The predicted molar refractivity (Wildman–Crippen MR) is 64.8 cm³/mol. The van der Waals surface area contributed by atoms with Crippen molar-refractivity contribution >= 4 is 5.78 Å². The van der Waals surface area contributed by atoms with Crippen LogP contribution >= 0.6 is 0 Å². The average molecular weight is 206 g/mol. The monoisotopic (exact) mass is 206 g/mol. The summed E-state index contributed by atoms with van der Waals surface area (Å²) in [5.41, 5.74) is 3.49. The molecule has 0 radical (unpaired) electrons. The Morgan fingerprint density at radius 3 is 2.40 bits per heavy atom. The van der Waals surface area contributed by atoms with E-state index >= 15 is 0 Å². The first-order valence-corrected chi connectivity index (χ1v) is 6.03. The van der Waals surface area contributed by atoms with E-state index in [1.165, 1.54) is 5.57 Å². The van der Waals surface area contributed by atoms with Crippen LogP contribution in [0, 0.1) is 5.92 Å². The van der Waals surface area contributed by atoms with E-state index in [1.54, 1.807) is 0 Å². The third-order valence-corrected chi connectivity index (χ3v) is 3.01. The molecule has 0 spiro atoms. The van der Waals surface area contributed by atoms with Crippen LogP contribution in [0.4, 0.5) is 0 Å². The summed E-state index contributed by atoms with van der Waals surface area (Å²) in [5, 5.41) is 0. The highest BCUT2D eigenvalue weighted by molar-refractivity contribution is 6.05. The van der Waals surface area contributed by atoms with Crippen LogP contribution in [0.15, 0.2) is 22.8 Å². The molecule has 0 amide bonds. The molecule has 0 aromatic carbocycles. The molecule has 0 aliphatic heterocycles. The number of carbonyl (C=O) groups is 1. The molecule has 0 unspecified atom stereocenters. The van der Waals surface area contributed by atoms with E-state index in [4.69, 9.17) is 0 Å². The van der Waals surface area contributed by atoms with Gasteiger partial charge in [0.25, 0.3) is 0 Å². The Balaban J connectivity index is 2.95. The van der Waals surface area contributed by atoms with E-state index in [-0.39, 0.29) is 5.92 Å². The Bertz CT molecular complexity index is 303. The molecule has 1 heteroatoms. The van der Waals surface area contributed by atoms with Gasteiger partial charge in [0.2, 0.25) is 0 Å². The lowest BCUT2D eigenvalue weighted by Gasteiger charge is -2.11. The lowest BCUT2D eigenvalue weighted by atomic mass is 9.92. The Hall–Kier alpha value is -0.850. The second kappa shape index (κ2) is 5.29. The maximum atomic E-state index is 12.1. The minimum Gasteiger partial charge on any atom is -0.294 e. The lowest BCUT2D eigenvalue weighted by molar-refractivity contribution is -0.117. The predicted octanol–water partition coefficient (Wildman–Crippen LogP) is 4.05. The van der Waals surface area contributed by atoms with Crippen LogP contribution in [0.3, 0.4) is 0 Å². The third-order valence-electron chi connectivity index (χ3n) is 3.01. The zero-order chi connectivity index (χ0) is 11.4. The van der Waals surface area contributed by atoms with Gasteiger partial charge in [-0.25, -0.2) is 0 Å². The molecule has 0 saturated heterocycles. The average Bonchev–Trinajstić information content (AvgIpc) is 2.47. The summed E-state index contributed by atoms with van der Waals surface area (Å²) >= 11 is 0. The van der Waals surface area contributed by atoms with Crippen LogP contribution in [0.2, 0.25) is 0 Å². The van der Waals surface area contributed by atoms with Gasteiger partial charge in [0, 0.05) is 11.5 Å². The number of Topliss-reactive ketones (excluding diaryl/α,β-unsaturated/α-hetero) is 1. The molecule has 0 saturated carbocycles. The highest BCUT2D eigenvalue weighted by Crippen LogP contribution is 2.34. The first-order valence-electron chi connectivity index (χ1n) is 6.03. The van der Waals surface area contributed by atoms with Crippen molar-refractivity contribution in [2.45, 2.75) is 53.4 Å². The topological polar surface area (TPSA) is 17.1 Å². The maximum absolute atomic E-state index is 12.1. The van der Waals surface area contributed by atoms with Gasteiger partial charge in [-0.3, -0.25) is 4.79 Å². The minimum atomic E-state index is 0.194. The summed E-state index contributed by atoms with van der Waals surface area (Å²) in [5.74, 6) is 0.556. The number of ketones is 1. The van der Waals surface area contributed by atoms with Gasteiger partial charge in [-0.15, -0.1) is 0 Å². The van der Waals surface area contributed by atoms with Crippen molar-refractivity contribution < 1.29 is 4.79 Å². The third kappa shape index (κ3) is 2.58. The summed E-state index contributed by atoms with van der Waals surface area (Å²) in [6.07, 6.45) is 6.46. The van der Waals surface area contributed by atoms with Crippen molar-refractivity contribution in [3.63, 3.8) is 0 Å². The van der Waals surface area contributed by atoms with Crippen molar-refractivity contribution in [3.8, 4) is 0 Å². The molecule has 84 valence electrons. The van der Waals surface area contributed by atoms with E-state index in [9.17, 15) is 4.79 Å². The number of hydrogen-bond donors (Lipinski definition) is 0. The van der Waals surface area contributed by atoms with E-state index in [1.807, 2.05) is 13.8 Å². The van der Waals surface area contributed by atoms with Gasteiger partial charge in [0.15, 0.2) is 5.78 Å². The summed E-state index contributed by atoms with van der Waals surface area (Å²) in [6.45, 7) is 8.38. The number of rotatable bonds is 4. The van der Waals surface area contributed by atoms with Gasteiger partial charge in [-0.1, -0.05) is 43.9 Å². The Morgan fingerprint density at radius 1 is 1.27 bits per heavy atom. The fraction of sp³-hybridized carbons (Fsp3) is 0.643. The highest BCUT2D eigenvalue weighted by Gasteiger charge is 2.30. The Morgan fingerprint density at radius 2 is 1.93 bits per heavy atom. The second-order valence-electron chi connectivity index (χ2n) is 4.59. The molecule has 1 atom stereocenters. The standard InChI is InChI=1S/C14H22O/c1-5-7-11-9-13(10(3)4)14(15)12(11)8-6-2/h9,12H,5-8H2,1-4H3/t12-/m1/s1. The van der Waals surface area contributed by atoms with Crippen molar-refractivity contribution in [1.82, 2.24) is 0 Å². The number of carbonyl (C=O) groups excluding carboxylic acids is 1. The number of hydrogen-bond acceptors (Lipinski definition) is 1. The fourth-order valence-electron chi connectivity index (χ4n) is 2.24. The zero-order valence-electron chi connectivity index (χ0n) is 10.4. The first-order chi connectivity index (χ1) is 7.11. The smallest absolute Gasteiger partial charge is 0.169 e. The summed E-state index contributed by atoms with van der Waals surface area (Å²) < 4.78 is 0. The zero-order valence-corrected chi connectivity index (χ0v) is 10.4. The summed E-state index contributed by atoms with van der Waals surface area (Å²) in [4.78, 5) is 12.1. The molecule has 1 aliphatic rings. The molecule has 0 N–H and O–H groups in total. The molecule has 1 rings (SSSR count). The van der Waals surface area contributed by atoms with Gasteiger partial charge >= 0.3 is 0 Å². The van der Waals surface area contributed by atoms with Crippen LogP contribution in [-0.2, 0) is 4.79 Å². The first kappa shape index (κ1) is 12.2. The maximum Gasteiger partial charge on any atom is 0.169 e. The molecule has 15 heavy (non-hydrogen) atoms. The Labute approximate surface area is 93.3 Å². The van der Waals surface area contributed by atoms with Gasteiger partial charge in [0.05, 0.1) is 0 Å². The molecule has 0 heterocycles. The molecular weight excluding hydrogens is 184 g/mol. The van der Waals surface area contributed by atoms with Gasteiger partial charge < -0.3 is 0 Å². The normalized spacial score (nSPS) is 20.8. The highest BCUT2D eigenvalue weighted by atomic mass is 16.1. The molecule has 1 nitrogen and oxygen atoms in total. The van der Waals surface area contributed by atoms with Crippen molar-refractivity contribution in [1.29, 1.82) is 0 Å². The fourth-order valence-corrected chi connectivity index (χ4v) is 2.24. The number of allylic oxidation sites excluding steroid dienone is 4. The van der Waals surface area contributed by atoms with Gasteiger partial charge in [-0.05, 0) is 26.7 Å². The molecule has 0 fully saturated rings. The van der Waals surface area contributed by atoms with E-state index in [0.717, 1.165) is 36.8 Å². The SMILES string of the molecule is CCCC1=CC(=C(C)C)C(=O)[C@@H]1CCC. The minimum absolute atomic E-state index is 0.194. The molecule has 0 bridgehead atoms. The Kier molecular flexibility index (Phi) is 4.31. The molecule has 0 aromatic rings. The van der Waals surface area contributed by atoms with Crippen LogP contribution < -0.4 is 0 Å². The van der Waals surface area contributed by atoms with Crippen molar-refractivity contribution in [2.75, 3.05) is 0 Å². The van der Waals surface area contributed by atoms with Gasteiger partial charge in [-0.2, -0.15) is 0 Å². The van der Waals surface area contributed by atoms with E-state index < -0.39 is 0 Å². The quantitative estimate of drug-likeness (QED) is 0.634.